The lowest BCUT2D eigenvalue weighted by atomic mass is 10.1. The molecule has 8 heteroatoms. The zero-order valence-corrected chi connectivity index (χ0v) is 7.99. The number of carboxylic acids is 1. The number of carboxylic acid groups (broad SMARTS) is 1. The first kappa shape index (κ1) is 14.8. The van der Waals surface area contributed by atoms with Crippen LogP contribution in [0.5, 0.6) is 0 Å². The van der Waals surface area contributed by atoms with Crippen LogP contribution < -0.4 is 0 Å². The zero-order valence-electron chi connectivity index (χ0n) is 7.99. The minimum Gasteiger partial charge on any atom is -0.478 e. The van der Waals surface area contributed by atoms with Crippen LogP contribution in [0.25, 0.3) is 0 Å². The SMILES string of the molecule is CC(=CC(F)(F)C(F)CC(F)(F)F)C(=O)O. The fourth-order valence-electron chi connectivity index (χ4n) is 0.780. The van der Waals surface area contributed by atoms with Gasteiger partial charge in [0.25, 0.3) is 5.92 Å². The third-order valence-corrected chi connectivity index (χ3v) is 1.57. The van der Waals surface area contributed by atoms with Gasteiger partial charge >= 0.3 is 12.1 Å². The minimum atomic E-state index is -5.08. The zero-order chi connectivity index (χ0) is 13.1. The lowest BCUT2D eigenvalue weighted by Gasteiger charge is -2.18. The van der Waals surface area contributed by atoms with Crippen molar-refractivity contribution in [3.8, 4) is 0 Å². The molecule has 1 atom stereocenters. The van der Waals surface area contributed by atoms with Gasteiger partial charge in [0.1, 0.15) is 0 Å². The highest BCUT2D eigenvalue weighted by atomic mass is 19.4. The van der Waals surface area contributed by atoms with E-state index in [-0.39, 0.29) is 6.08 Å². The summed E-state index contributed by atoms with van der Waals surface area (Å²) in [5, 5.41) is 8.21. The Hall–Kier alpha value is -1.21. The maximum absolute atomic E-state index is 12.7. The van der Waals surface area contributed by atoms with E-state index in [4.69, 9.17) is 5.11 Å². The predicted molar refractivity (Wildman–Crippen MR) is 41.9 cm³/mol. The Bertz CT molecular complexity index is 293. The average molecular weight is 250 g/mol. The second-order valence-corrected chi connectivity index (χ2v) is 3.09. The molecule has 16 heavy (non-hydrogen) atoms. The number of alkyl halides is 6. The Morgan fingerprint density at radius 2 is 1.75 bits per heavy atom. The Labute approximate surface area is 86.6 Å². The number of rotatable bonds is 4. The van der Waals surface area contributed by atoms with E-state index in [1.54, 1.807) is 0 Å². The van der Waals surface area contributed by atoms with E-state index < -0.39 is 36.2 Å². The Kier molecular flexibility index (Phi) is 4.39. The van der Waals surface area contributed by atoms with Gasteiger partial charge in [-0.3, -0.25) is 0 Å². The summed E-state index contributed by atoms with van der Waals surface area (Å²) < 4.78 is 72.9. The smallest absolute Gasteiger partial charge is 0.392 e. The fourth-order valence-corrected chi connectivity index (χ4v) is 0.780. The van der Waals surface area contributed by atoms with Gasteiger partial charge in [0.05, 0.1) is 6.42 Å². The summed E-state index contributed by atoms with van der Waals surface area (Å²) in [7, 11) is 0. The number of aliphatic carboxylic acids is 1. The van der Waals surface area contributed by atoms with Crippen molar-refractivity contribution in [3.05, 3.63) is 11.6 Å². The van der Waals surface area contributed by atoms with Crippen molar-refractivity contribution >= 4 is 5.97 Å². The second kappa shape index (κ2) is 4.75. The van der Waals surface area contributed by atoms with Crippen LogP contribution >= 0.6 is 0 Å². The summed E-state index contributed by atoms with van der Waals surface area (Å²) in [5.41, 5.74) is -0.921. The molecule has 0 aliphatic carbocycles. The minimum absolute atomic E-state index is 0.328. The second-order valence-electron chi connectivity index (χ2n) is 3.09. The molecule has 0 aromatic carbocycles. The molecule has 0 rings (SSSR count). The highest BCUT2D eigenvalue weighted by Crippen LogP contribution is 2.33. The van der Waals surface area contributed by atoms with Gasteiger partial charge in [-0.05, 0) is 13.0 Å². The van der Waals surface area contributed by atoms with Gasteiger partial charge in [-0.1, -0.05) is 0 Å². The normalized spacial score (nSPS) is 16.1. The summed E-state index contributed by atoms with van der Waals surface area (Å²) in [6, 6.07) is 0. The molecule has 1 unspecified atom stereocenters. The van der Waals surface area contributed by atoms with Crippen molar-refractivity contribution in [3.63, 3.8) is 0 Å². The van der Waals surface area contributed by atoms with Crippen LogP contribution in [-0.2, 0) is 4.79 Å². The maximum Gasteiger partial charge on any atom is 0.392 e. The van der Waals surface area contributed by atoms with Crippen LogP contribution in [-0.4, -0.2) is 29.3 Å². The molecule has 0 bridgehead atoms. The van der Waals surface area contributed by atoms with Crippen LogP contribution in [0.2, 0.25) is 0 Å². The van der Waals surface area contributed by atoms with Crippen LogP contribution in [0.1, 0.15) is 13.3 Å². The largest absolute Gasteiger partial charge is 0.478 e. The van der Waals surface area contributed by atoms with E-state index in [0.29, 0.717) is 0 Å². The summed E-state index contributed by atoms with van der Waals surface area (Å²) in [5.74, 6) is -6.21. The van der Waals surface area contributed by atoms with E-state index in [9.17, 15) is 31.1 Å². The number of hydrogen-bond acceptors (Lipinski definition) is 1. The molecule has 0 radical (unpaired) electrons. The van der Waals surface area contributed by atoms with E-state index in [1.165, 1.54) is 0 Å². The first-order valence-corrected chi connectivity index (χ1v) is 3.97. The quantitative estimate of drug-likeness (QED) is 0.615. The van der Waals surface area contributed by atoms with Crippen molar-refractivity contribution < 1.29 is 36.2 Å². The van der Waals surface area contributed by atoms with E-state index in [0.717, 1.165) is 6.92 Å². The van der Waals surface area contributed by atoms with E-state index in [1.807, 2.05) is 0 Å². The van der Waals surface area contributed by atoms with Crippen molar-refractivity contribution in [2.24, 2.45) is 0 Å². The maximum atomic E-state index is 12.7. The molecule has 94 valence electrons. The van der Waals surface area contributed by atoms with Gasteiger partial charge in [0.15, 0.2) is 6.17 Å². The predicted octanol–water partition coefficient (Wildman–Crippen LogP) is 2.94. The summed E-state index contributed by atoms with van der Waals surface area (Å²) >= 11 is 0. The van der Waals surface area contributed by atoms with Crippen LogP contribution in [0.15, 0.2) is 11.6 Å². The number of carbonyl (C=O) groups is 1. The molecular formula is C8H8F6O2. The summed E-state index contributed by atoms with van der Waals surface area (Å²) in [6.45, 7) is 0.733. The summed E-state index contributed by atoms with van der Waals surface area (Å²) in [4.78, 5) is 10.1. The third kappa shape index (κ3) is 5.04. The molecule has 0 saturated heterocycles. The molecule has 2 nitrogen and oxygen atoms in total. The topological polar surface area (TPSA) is 37.3 Å². The van der Waals surface area contributed by atoms with Gasteiger partial charge in [0, 0.05) is 5.57 Å². The third-order valence-electron chi connectivity index (χ3n) is 1.57. The Morgan fingerprint density at radius 3 is 2.06 bits per heavy atom. The molecule has 1 N–H and O–H groups in total. The highest BCUT2D eigenvalue weighted by Gasteiger charge is 2.45. The molecule has 0 heterocycles. The molecule has 0 amide bonds. The molecule has 0 aromatic rings. The first-order valence-electron chi connectivity index (χ1n) is 3.97. The van der Waals surface area contributed by atoms with Gasteiger partial charge in [0.2, 0.25) is 0 Å². The van der Waals surface area contributed by atoms with Crippen molar-refractivity contribution in [2.75, 3.05) is 0 Å². The monoisotopic (exact) mass is 250 g/mol. The standard InChI is InChI=1S/C8H8F6O2/c1-4(6(15)16)2-7(10,11)5(9)3-8(12,13)14/h2,5H,3H2,1H3,(H,15,16). The van der Waals surface area contributed by atoms with Gasteiger partial charge < -0.3 is 5.11 Å². The van der Waals surface area contributed by atoms with E-state index in [2.05, 4.69) is 0 Å². The lowest BCUT2D eigenvalue weighted by molar-refractivity contribution is -0.168. The van der Waals surface area contributed by atoms with Crippen molar-refractivity contribution in [2.45, 2.75) is 31.6 Å². The van der Waals surface area contributed by atoms with Gasteiger partial charge in [-0.2, -0.15) is 22.0 Å². The Balaban J connectivity index is 4.79. The first-order chi connectivity index (χ1) is 6.96. The summed E-state index contributed by atoms with van der Waals surface area (Å²) in [6.07, 6.45) is -11.2. The molecular weight excluding hydrogens is 242 g/mol. The van der Waals surface area contributed by atoms with Crippen molar-refractivity contribution in [1.29, 1.82) is 0 Å². The lowest BCUT2D eigenvalue weighted by Crippen LogP contribution is -2.33. The Morgan fingerprint density at radius 1 is 1.31 bits per heavy atom. The molecule has 0 aliphatic rings. The molecule has 0 fully saturated rings. The average Bonchev–Trinajstić information content (AvgIpc) is 1.99. The molecule has 0 spiro atoms. The van der Waals surface area contributed by atoms with E-state index >= 15 is 0 Å². The number of halogens is 6. The van der Waals surface area contributed by atoms with Crippen LogP contribution in [0.3, 0.4) is 0 Å². The van der Waals surface area contributed by atoms with Gasteiger partial charge in [-0.25, -0.2) is 9.18 Å². The number of hydrogen-bond donors (Lipinski definition) is 1. The van der Waals surface area contributed by atoms with Crippen LogP contribution in [0, 0.1) is 0 Å². The number of allylic oxidation sites excluding steroid dienone is 1. The fraction of sp³-hybridized carbons (Fsp3) is 0.625. The van der Waals surface area contributed by atoms with Gasteiger partial charge in [-0.15, -0.1) is 0 Å². The van der Waals surface area contributed by atoms with Crippen LogP contribution in [0.4, 0.5) is 26.3 Å². The molecule has 0 saturated carbocycles. The molecule has 0 aliphatic heterocycles. The molecule has 0 aromatic heterocycles. The van der Waals surface area contributed by atoms with Crippen molar-refractivity contribution in [1.82, 2.24) is 0 Å². The highest BCUT2D eigenvalue weighted by molar-refractivity contribution is 5.85.